The molecule has 0 aliphatic carbocycles. The summed E-state index contributed by atoms with van der Waals surface area (Å²) in [6.07, 6.45) is 0.781. The van der Waals surface area contributed by atoms with Crippen molar-refractivity contribution in [2.24, 2.45) is 5.18 Å². The number of hydrogen-bond acceptors (Lipinski definition) is 2. The van der Waals surface area contributed by atoms with Gasteiger partial charge >= 0.3 is 0 Å². The van der Waals surface area contributed by atoms with E-state index in [0.29, 0.717) is 6.54 Å². The fourth-order valence-electron chi connectivity index (χ4n) is 0.0527. The van der Waals surface area contributed by atoms with Crippen LogP contribution in [-0.4, -0.2) is 12.7 Å². The first-order valence-electron chi connectivity index (χ1n) is 1.41. The summed E-state index contributed by atoms with van der Waals surface area (Å²) >= 11 is 0. The van der Waals surface area contributed by atoms with Crippen molar-refractivity contribution in [1.29, 1.82) is 0 Å². The smallest absolute Gasteiger partial charge is 0.0845 e. The third kappa shape index (κ3) is 4.03. The van der Waals surface area contributed by atoms with E-state index in [4.69, 9.17) is 4.91 Å². The minimum atomic E-state index is 0.421. The predicted octanol–water partition coefficient (Wildman–Crippen LogP) is 0.628. The molecule has 30 valence electrons. The van der Waals surface area contributed by atoms with Crippen LogP contribution in [0.3, 0.4) is 0 Å². The van der Waals surface area contributed by atoms with Crippen LogP contribution in [-0.2, 0) is 0 Å². The fourth-order valence-corrected chi connectivity index (χ4v) is 0.158. The minimum absolute atomic E-state index is 0.421. The average Bonchev–Trinajstić information content (AvgIpc) is 1.41. The van der Waals surface area contributed by atoms with Crippen LogP contribution >= 0.6 is 9.24 Å². The Kier molecular flexibility index (Phi) is 4.05. The number of hydrogen-bond donors (Lipinski definition) is 0. The maximum absolute atomic E-state index is 9.14. The molecule has 0 bridgehead atoms. The predicted molar refractivity (Wildman–Crippen MR) is 25.2 cm³/mol. The average molecular weight is 91.0 g/mol. The Morgan fingerprint density at radius 2 is 2.40 bits per heavy atom. The lowest BCUT2D eigenvalue weighted by Crippen LogP contribution is -1.71. The molecule has 5 heavy (non-hydrogen) atoms. The van der Waals surface area contributed by atoms with Gasteiger partial charge in [0.05, 0.1) is 6.54 Å². The Bertz CT molecular complexity index is 30.8. The first kappa shape index (κ1) is 5.03. The molecule has 0 N–H and O–H groups in total. The van der Waals surface area contributed by atoms with Crippen LogP contribution in [0.4, 0.5) is 0 Å². The van der Waals surface area contributed by atoms with Gasteiger partial charge in [-0.25, -0.2) is 0 Å². The maximum Gasteiger partial charge on any atom is 0.0845 e. The van der Waals surface area contributed by atoms with Gasteiger partial charge in [0.1, 0.15) is 0 Å². The summed E-state index contributed by atoms with van der Waals surface area (Å²) in [5, 5.41) is 2.58. The number of nitrogens with zero attached hydrogens (tertiary/aromatic N) is 1. The van der Waals surface area contributed by atoms with Gasteiger partial charge in [-0.15, -0.1) is 9.24 Å². The standard InChI is InChI=1S/C2H6NOP/c4-3-1-2-5/h1-2,5H2. The fraction of sp³-hybridized carbons (Fsp3) is 1.00. The van der Waals surface area contributed by atoms with E-state index in [2.05, 4.69) is 14.4 Å². The summed E-state index contributed by atoms with van der Waals surface area (Å²) in [6, 6.07) is 0. The summed E-state index contributed by atoms with van der Waals surface area (Å²) in [6.45, 7) is 0.421. The lowest BCUT2D eigenvalue weighted by molar-refractivity contribution is 1.13. The number of rotatable bonds is 2. The Morgan fingerprint density at radius 3 is 2.40 bits per heavy atom. The van der Waals surface area contributed by atoms with Crippen molar-refractivity contribution < 1.29 is 0 Å². The van der Waals surface area contributed by atoms with Crippen LogP contribution in [0.5, 0.6) is 0 Å². The highest BCUT2D eigenvalue weighted by Crippen LogP contribution is 1.76. The van der Waals surface area contributed by atoms with E-state index >= 15 is 0 Å². The van der Waals surface area contributed by atoms with Crippen molar-refractivity contribution in [1.82, 2.24) is 0 Å². The van der Waals surface area contributed by atoms with Gasteiger partial charge in [-0.05, 0) is 6.16 Å². The largest absolute Gasteiger partial charge is 0.151 e. The first-order valence-corrected chi connectivity index (χ1v) is 2.22. The van der Waals surface area contributed by atoms with E-state index in [1.165, 1.54) is 0 Å². The molecule has 0 aromatic rings. The third-order valence-corrected chi connectivity index (χ3v) is 0.479. The van der Waals surface area contributed by atoms with E-state index in [1.807, 2.05) is 0 Å². The monoisotopic (exact) mass is 91.0 g/mol. The second-order valence-corrected chi connectivity index (χ2v) is 1.22. The van der Waals surface area contributed by atoms with Gasteiger partial charge in [-0.3, -0.25) is 0 Å². The Morgan fingerprint density at radius 1 is 1.80 bits per heavy atom. The molecular weight excluding hydrogens is 85.0 g/mol. The van der Waals surface area contributed by atoms with Crippen molar-refractivity contribution in [3.63, 3.8) is 0 Å². The van der Waals surface area contributed by atoms with Gasteiger partial charge in [-0.2, -0.15) is 4.91 Å². The van der Waals surface area contributed by atoms with Crippen molar-refractivity contribution in [3.8, 4) is 0 Å². The molecule has 0 aliphatic heterocycles. The summed E-state index contributed by atoms with van der Waals surface area (Å²) in [7, 11) is 2.41. The normalized spacial score (nSPS) is 7.40. The Labute approximate surface area is 33.1 Å². The SMILES string of the molecule is O=NCCP. The van der Waals surface area contributed by atoms with E-state index in [9.17, 15) is 0 Å². The summed E-state index contributed by atoms with van der Waals surface area (Å²) in [5.41, 5.74) is 0. The third-order valence-electron chi connectivity index (χ3n) is 0.220. The summed E-state index contributed by atoms with van der Waals surface area (Å²) in [5.74, 6) is 0. The van der Waals surface area contributed by atoms with Crippen molar-refractivity contribution in [2.75, 3.05) is 12.7 Å². The van der Waals surface area contributed by atoms with E-state index in [1.54, 1.807) is 0 Å². The van der Waals surface area contributed by atoms with Gasteiger partial charge < -0.3 is 0 Å². The highest BCUT2D eigenvalue weighted by molar-refractivity contribution is 7.16. The second-order valence-electron chi connectivity index (χ2n) is 0.641. The van der Waals surface area contributed by atoms with Crippen LogP contribution in [0.25, 0.3) is 0 Å². The topological polar surface area (TPSA) is 29.4 Å². The first-order chi connectivity index (χ1) is 2.41. The van der Waals surface area contributed by atoms with Crippen molar-refractivity contribution in [2.45, 2.75) is 0 Å². The Hall–Kier alpha value is 0.0300. The number of nitroso groups, excluding NO2 is 1. The van der Waals surface area contributed by atoms with E-state index in [0.717, 1.165) is 6.16 Å². The second kappa shape index (κ2) is 4.03. The molecule has 0 amide bonds. The van der Waals surface area contributed by atoms with Gasteiger partial charge in [0.25, 0.3) is 0 Å². The molecule has 0 aliphatic rings. The van der Waals surface area contributed by atoms with Crippen LogP contribution in [0.1, 0.15) is 0 Å². The van der Waals surface area contributed by atoms with Gasteiger partial charge in [0.2, 0.25) is 0 Å². The van der Waals surface area contributed by atoms with Gasteiger partial charge in [0, 0.05) is 0 Å². The lowest BCUT2D eigenvalue weighted by Gasteiger charge is -1.68. The molecule has 0 saturated carbocycles. The summed E-state index contributed by atoms with van der Waals surface area (Å²) in [4.78, 5) is 9.14. The zero-order valence-electron chi connectivity index (χ0n) is 2.85. The van der Waals surface area contributed by atoms with Crippen LogP contribution < -0.4 is 0 Å². The van der Waals surface area contributed by atoms with E-state index < -0.39 is 0 Å². The molecule has 0 saturated heterocycles. The maximum atomic E-state index is 9.14. The molecule has 1 atom stereocenters. The molecule has 0 spiro atoms. The zero-order chi connectivity index (χ0) is 4.12. The van der Waals surface area contributed by atoms with Gasteiger partial charge in [-0.1, -0.05) is 5.18 Å². The molecule has 2 nitrogen and oxygen atoms in total. The molecule has 0 radical (unpaired) electrons. The minimum Gasteiger partial charge on any atom is -0.151 e. The van der Waals surface area contributed by atoms with Crippen molar-refractivity contribution >= 4 is 9.24 Å². The molecule has 0 heterocycles. The molecule has 3 heteroatoms. The molecule has 1 unspecified atom stereocenters. The lowest BCUT2D eigenvalue weighted by atomic mass is 10.8. The molecular formula is C2H6NOP. The quantitative estimate of drug-likeness (QED) is 0.362. The van der Waals surface area contributed by atoms with Crippen LogP contribution in [0.2, 0.25) is 0 Å². The Balaban J connectivity index is 2.40. The molecule has 0 rings (SSSR count). The van der Waals surface area contributed by atoms with E-state index in [-0.39, 0.29) is 0 Å². The molecule has 0 aromatic heterocycles. The summed E-state index contributed by atoms with van der Waals surface area (Å²) < 4.78 is 0. The molecule has 0 aromatic carbocycles. The molecule has 0 fully saturated rings. The van der Waals surface area contributed by atoms with Crippen molar-refractivity contribution in [3.05, 3.63) is 4.91 Å². The highest BCUT2D eigenvalue weighted by Gasteiger charge is 1.66. The zero-order valence-corrected chi connectivity index (χ0v) is 4.00. The highest BCUT2D eigenvalue weighted by atomic mass is 31.0. The van der Waals surface area contributed by atoms with Crippen LogP contribution in [0, 0.1) is 4.91 Å². The van der Waals surface area contributed by atoms with Crippen LogP contribution in [0.15, 0.2) is 5.18 Å². The van der Waals surface area contributed by atoms with Gasteiger partial charge in [0.15, 0.2) is 0 Å².